The van der Waals surface area contributed by atoms with Crippen LogP contribution in [-0.4, -0.2) is 128 Å². The number of piperidine rings is 1. The van der Waals surface area contributed by atoms with Gasteiger partial charge >= 0.3 is 0 Å². The summed E-state index contributed by atoms with van der Waals surface area (Å²) in [4.78, 5) is 13.2. The highest BCUT2D eigenvalue weighted by Crippen LogP contribution is 2.47. The van der Waals surface area contributed by atoms with Gasteiger partial charge in [0.2, 0.25) is 0 Å². The van der Waals surface area contributed by atoms with Gasteiger partial charge in [0, 0.05) is 50.5 Å². The summed E-state index contributed by atoms with van der Waals surface area (Å²) in [6.07, 6.45) is 9.20. The highest BCUT2D eigenvalue weighted by Gasteiger charge is 2.50. The molecule has 5 rings (SSSR count). The van der Waals surface area contributed by atoms with Crippen molar-refractivity contribution in [2.24, 2.45) is 40.7 Å². The largest absolute Gasteiger partial charge is 0.550 e. The van der Waals surface area contributed by atoms with E-state index in [-0.39, 0.29) is 54.9 Å². The van der Waals surface area contributed by atoms with Gasteiger partial charge in [0.1, 0.15) is 18.3 Å². The van der Waals surface area contributed by atoms with Crippen molar-refractivity contribution >= 4 is 5.97 Å². The molecule has 0 aromatic heterocycles. The van der Waals surface area contributed by atoms with Gasteiger partial charge in [-0.25, -0.2) is 0 Å². The molecule has 0 aromatic carbocycles. The van der Waals surface area contributed by atoms with Crippen molar-refractivity contribution in [2.45, 2.75) is 177 Å². The molecule has 0 amide bonds. The van der Waals surface area contributed by atoms with E-state index in [9.17, 15) is 30.3 Å². The third-order valence-corrected chi connectivity index (χ3v) is 14.6. The van der Waals surface area contributed by atoms with Crippen LogP contribution in [0, 0.1) is 35.0 Å². The molecular formula is C41H76N3O10+. The smallest absolute Gasteiger partial charge is 0.137 e. The minimum Gasteiger partial charge on any atom is -0.550 e. The number of hydrogen-bond donors (Lipinski definition) is 7. The molecule has 10 N–H and O–H groups in total. The van der Waals surface area contributed by atoms with Gasteiger partial charge in [-0.05, 0) is 108 Å². The van der Waals surface area contributed by atoms with Gasteiger partial charge in [0.05, 0.1) is 62.4 Å². The summed E-state index contributed by atoms with van der Waals surface area (Å²) in [7, 11) is 3.26. The molecule has 5 fully saturated rings. The molecule has 3 aliphatic carbocycles. The lowest BCUT2D eigenvalue weighted by molar-refractivity contribution is -0.703. The second kappa shape index (κ2) is 21.2. The molecule has 2 saturated heterocycles. The highest BCUT2D eigenvalue weighted by atomic mass is 16.5. The molecule has 5 aliphatic rings. The summed E-state index contributed by atoms with van der Waals surface area (Å²) in [6.45, 7) is 4.04. The number of hydrogen-bond acceptors (Lipinski definition) is 11. The zero-order valence-corrected chi connectivity index (χ0v) is 33.5. The number of nitrogens with two attached hydrogens (primary N) is 3. The van der Waals surface area contributed by atoms with Crippen LogP contribution in [0.4, 0.5) is 0 Å². The summed E-state index contributed by atoms with van der Waals surface area (Å²) in [6, 6.07) is -0.139. The maximum Gasteiger partial charge on any atom is 0.137 e. The molecule has 0 radical (unpaired) electrons. The summed E-state index contributed by atoms with van der Waals surface area (Å²) in [5, 5.41) is 61.0. The molecular weight excluding hydrogens is 694 g/mol. The third-order valence-electron chi connectivity index (χ3n) is 14.6. The Bertz CT molecular complexity index is 1120. The Hall–Kier alpha value is -0.970. The highest BCUT2D eigenvalue weighted by molar-refractivity contribution is 5.73. The van der Waals surface area contributed by atoms with Crippen LogP contribution in [0.25, 0.3) is 0 Å². The number of ether oxygens (including phenoxy) is 4. The van der Waals surface area contributed by atoms with E-state index in [1.165, 1.54) is 0 Å². The molecule has 2 heterocycles. The fourth-order valence-corrected chi connectivity index (χ4v) is 11.5. The molecule has 314 valence electrons. The SMILES string of the molecule is CC[NH2+]C(COC1CC(C2OC(CCC3CCC(O)C(OC)C3)CC(O)C2CCO)CC(OC)C1O)C(CC1CC[NH2+]C(N)C1)C1(C(=O)[O-])CCCCC1. The Kier molecular flexibility index (Phi) is 17.3. The minimum absolute atomic E-state index is 0.0267. The number of carboxylic acids is 1. The predicted molar refractivity (Wildman–Crippen MR) is 200 cm³/mol. The summed E-state index contributed by atoms with van der Waals surface area (Å²) < 4.78 is 25.1. The molecule has 13 nitrogen and oxygen atoms in total. The Labute approximate surface area is 323 Å². The van der Waals surface area contributed by atoms with Crippen molar-refractivity contribution in [1.29, 1.82) is 0 Å². The summed E-state index contributed by atoms with van der Waals surface area (Å²) in [5.74, 6) is -0.694. The average Bonchev–Trinajstić information content (AvgIpc) is 3.17. The zero-order chi connectivity index (χ0) is 38.8. The number of aliphatic hydroxyl groups is 4. The summed E-state index contributed by atoms with van der Waals surface area (Å²) >= 11 is 0. The van der Waals surface area contributed by atoms with Crippen LogP contribution in [0.2, 0.25) is 0 Å². The molecule has 13 heteroatoms. The van der Waals surface area contributed by atoms with Crippen molar-refractivity contribution in [3.63, 3.8) is 0 Å². The minimum atomic E-state index is -0.942. The third kappa shape index (κ3) is 10.9. The first-order valence-corrected chi connectivity index (χ1v) is 21.6. The van der Waals surface area contributed by atoms with Crippen LogP contribution < -0.4 is 21.5 Å². The second-order valence-corrected chi connectivity index (χ2v) is 17.9. The van der Waals surface area contributed by atoms with E-state index >= 15 is 0 Å². The van der Waals surface area contributed by atoms with Gasteiger partial charge in [0.25, 0.3) is 0 Å². The Morgan fingerprint density at radius 3 is 2.33 bits per heavy atom. The fraction of sp³-hybridized carbons (Fsp3) is 0.976. The van der Waals surface area contributed by atoms with Crippen LogP contribution in [-0.2, 0) is 23.7 Å². The Morgan fingerprint density at radius 2 is 1.67 bits per heavy atom. The summed E-state index contributed by atoms with van der Waals surface area (Å²) in [5.41, 5.74) is 5.46. The number of carbonyl (C=O) groups is 1. The Morgan fingerprint density at radius 1 is 0.926 bits per heavy atom. The maximum absolute atomic E-state index is 13.2. The Balaban J connectivity index is 1.32. The molecule has 0 spiro atoms. The van der Waals surface area contributed by atoms with Gasteiger partial charge in [-0.1, -0.05) is 19.3 Å². The van der Waals surface area contributed by atoms with Gasteiger partial charge in [0.15, 0.2) is 0 Å². The maximum atomic E-state index is 13.2. The van der Waals surface area contributed by atoms with Crippen LogP contribution in [0.15, 0.2) is 0 Å². The van der Waals surface area contributed by atoms with Crippen molar-refractivity contribution in [2.75, 3.05) is 40.5 Å². The standard InChI is InChI=1S/C41H75N3O10/c1-4-43-31(30(18-26-12-16-44-37(42)20-26)41(40(49)50)14-6-5-7-15-41)24-53-36-22-27(21-35(52-3)38(36)48)39-29(13-17-45)33(47)23-28(54-39)10-8-25-9-11-32(46)34(19-25)51-2/h25-39,43-48H,4-24,42H2,1-3H3,(H,49,50)/p+1. The quantitative estimate of drug-likeness (QED) is 0.0948. The number of likely N-dealkylation sites (N-methyl/N-ethyl adjacent to an activating group) is 1. The van der Waals surface area contributed by atoms with Gasteiger partial charge in [-0.3, -0.25) is 5.73 Å². The van der Waals surface area contributed by atoms with Crippen molar-refractivity contribution in [3.8, 4) is 0 Å². The zero-order valence-electron chi connectivity index (χ0n) is 33.5. The number of aliphatic hydroxyl groups excluding tert-OH is 4. The van der Waals surface area contributed by atoms with E-state index in [2.05, 4.69) is 17.6 Å². The average molecular weight is 771 g/mol. The topological polar surface area (TPSA) is 217 Å². The van der Waals surface area contributed by atoms with Gasteiger partial charge in [-0.2, -0.15) is 0 Å². The first-order chi connectivity index (χ1) is 26.0. The second-order valence-electron chi connectivity index (χ2n) is 17.9. The first-order valence-electron chi connectivity index (χ1n) is 21.6. The van der Waals surface area contributed by atoms with Crippen molar-refractivity contribution < 1.29 is 59.9 Å². The molecule has 54 heavy (non-hydrogen) atoms. The van der Waals surface area contributed by atoms with E-state index < -0.39 is 41.9 Å². The van der Waals surface area contributed by atoms with Crippen LogP contribution in [0.1, 0.15) is 116 Å². The number of carbonyl (C=O) groups excluding carboxylic acids is 1. The molecule has 3 saturated carbocycles. The lowest BCUT2D eigenvalue weighted by Gasteiger charge is -2.49. The van der Waals surface area contributed by atoms with Crippen molar-refractivity contribution in [3.05, 3.63) is 0 Å². The van der Waals surface area contributed by atoms with Crippen LogP contribution in [0.3, 0.4) is 0 Å². The van der Waals surface area contributed by atoms with E-state index in [0.29, 0.717) is 57.0 Å². The number of aliphatic carboxylic acids is 1. The number of methoxy groups -OCH3 is 2. The van der Waals surface area contributed by atoms with Gasteiger partial charge in [-0.15, -0.1) is 0 Å². The number of carboxylic acid groups (broad SMARTS) is 1. The van der Waals surface area contributed by atoms with E-state index in [1.54, 1.807) is 14.2 Å². The number of rotatable bonds is 18. The molecule has 15 unspecified atom stereocenters. The lowest BCUT2D eigenvalue weighted by Crippen LogP contribution is -2.95. The molecule has 2 aliphatic heterocycles. The van der Waals surface area contributed by atoms with Crippen LogP contribution >= 0.6 is 0 Å². The first kappa shape index (κ1) is 44.1. The van der Waals surface area contributed by atoms with E-state index in [4.69, 9.17) is 24.7 Å². The van der Waals surface area contributed by atoms with Crippen LogP contribution in [0.5, 0.6) is 0 Å². The van der Waals surface area contributed by atoms with E-state index in [1.807, 2.05) is 0 Å². The van der Waals surface area contributed by atoms with Gasteiger partial charge < -0.3 is 59.9 Å². The molecule has 15 atom stereocenters. The van der Waals surface area contributed by atoms with E-state index in [0.717, 1.165) is 83.7 Å². The normalized spacial score (nSPS) is 40.2. The lowest BCUT2D eigenvalue weighted by atomic mass is 9.60. The monoisotopic (exact) mass is 771 g/mol. The predicted octanol–water partition coefficient (Wildman–Crippen LogP) is -0.452. The van der Waals surface area contributed by atoms with Crippen molar-refractivity contribution in [1.82, 2.24) is 0 Å². The molecule has 0 aromatic rings. The fourth-order valence-electron chi connectivity index (χ4n) is 11.5. The number of quaternary nitrogens is 2. The molecule has 0 bridgehead atoms.